The maximum Gasteiger partial charge on any atom is 0.0275 e. The molecule has 0 aliphatic carbocycles. The fraction of sp³-hybridized carbons (Fsp3) is 0. The average molecular weight is 190 g/mol. The second-order valence-electron chi connectivity index (χ2n) is 0.192. The second kappa shape index (κ2) is 158. The summed E-state index contributed by atoms with van der Waals surface area (Å²) in [7, 11) is 0. The Morgan fingerprint density at radius 1 is 0.889 bits per heavy atom. The molecule has 9 heavy (non-hydrogen) atoms. The summed E-state index contributed by atoms with van der Waals surface area (Å²) in [5, 5.41) is 16.5. The van der Waals surface area contributed by atoms with E-state index in [2.05, 4.69) is 0 Å². The molecule has 0 fully saturated rings. The van der Waals surface area contributed by atoms with Gasteiger partial charge in [-0.2, -0.15) is 0 Å². The molecule has 0 aliphatic rings. The molecule has 0 rings (SSSR count). The largest absolute Gasteiger partial charge is 0.554 e. The normalized spacial score (nSPS) is 2.67. The van der Waals surface area contributed by atoms with Gasteiger partial charge in [-0.25, -0.2) is 0 Å². The van der Waals surface area contributed by atoms with Gasteiger partial charge in [-0.1, -0.05) is 0 Å². The molecule has 0 saturated carbocycles. The average Bonchev–Trinajstić information content (AvgIpc) is 1.39. The van der Waals surface area contributed by atoms with Gasteiger partial charge in [0, 0.05) is 30.0 Å². The molecule has 0 saturated heterocycles. The van der Waals surface area contributed by atoms with E-state index in [1.165, 1.54) is 0 Å². The Bertz CT molecular complexity index is 32.0. The maximum absolute atomic E-state index is 8.25. The number of carbonyl (C=O) groups excluding carboxylic acids is 2. The van der Waals surface area contributed by atoms with Gasteiger partial charge in [0.1, 0.15) is 0 Å². The summed E-state index contributed by atoms with van der Waals surface area (Å²) in [6.07, 6.45) is 0. The van der Waals surface area contributed by atoms with Gasteiger partial charge in [-0.3, -0.25) is 0 Å². The third-order valence-corrected chi connectivity index (χ3v) is 0. The van der Waals surface area contributed by atoms with E-state index in [-0.39, 0.29) is 28.0 Å². The third kappa shape index (κ3) is 555. The summed E-state index contributed by atoms with van der Waals surface area (Å²) in [6, 6.07) is 0. The Balaban J connectivity index is -0.00000000889. The van der Waals surface area contributed by atoms with Crippen LogP contribution in [0.5, 0.6) is 0 Å². The van der Waals surface area contributed by atoms with Crippen molar-refractivity contribution in [2.45, 2.75) is 0 Å². The quantitative estimate of drug-likeness (QED) is 0.278. The van der Waals surface area contributed by atoms with E-state index in [4.69, 9.17) is 19.8 Å². The van der Waals surface area contributed by atoms with Gasteiger partial charge < -0.3 is 30.8 Å². The molecule has 0 aromatic rings. The fourth-order valence-electron chi connectivity index (χ4n) is 0. The van der Waals surface area contributed by atoms with Crippen LogP contribution in [0, 0.1) is 0 Å². The molecule has 0 atom stereocenters. The molecule has 1 radical (unpaired) electrons. The zero-order chi connectivity index (χ0) is 5.41. The van der Waals surface area contributed by atoms with E-state index in [0.29, 0.717) is 0 Å². The van der Waals surface area contributed by atoms with Crippen molar-refractivity contribution in [3.05, 3.63) is 0 Å². The van der Waals surface area contributed by atoms with Crippen molar-refractivity contribution in [1.82, 2.24) is 0 Å². The van der Waals surface area contributed by atoms with Crippen molar-refractivity contribution in [2.75, 3.05) is 0 Å². The van der Waals surface area contributed by atoms with Crippen LogP contribution in [0.25, 0.3) is 0 Å². The van der Waals surface area contributed by atoms with Crippen LogP contribution < -0.4 is 10.2 Å². The maximum atomic E-state index is 8.25. The summed E-state index contributed by atoms with van der Waals surface area (Å²) < 4.78 is 0. The Morgan fingerprint density at radius 2 is 0.889 bits per heavy atom. The number of carbonyl (C=O) groups is 2. The van der Waals surface area contributed by atoms with Crippen molar-refractivity contribution in [3.8, 4) is 0 Å². The van der Waals surface area contributed by atoms with Gasteiger partial charge in [-0.15, -0.1) is 0 Å². The van der Waals surface area contributed by atoms with Crippen molar-refractivity contribution in [2.24, 2.45) is 0 Å². The molecule has 63 valence electrons. The summed E-state index contributed by atoms with van der Waals surface area (Å²) in [6.45, 7) is -1.00. The van der Waals surface area contributed by atoms with Crippen LogP contribution in [-0.4, -0.2) is 23.9 Å². The zero-order valence-corrected chi connectivity index (χ0v) is 5.03. The third-order valence-electron chi connectivity index (χ3n) is 0. The van der Waals surface area contributed by atoms with Crippen LogP contribution in [0.15, 0.2) is 0 Å². The van der Waals surface area contributed by atoms with Crippen LogP contribution in [-0.2, 0) is 26.7 Å². The van der Waals surface area contributed by atoms with Gasteiger partial charge in [0.25, 0.3) is 0 Å². The Morgan fingerprint density at radius 3 is 0.889 bits per heavy atom. The molecule has 6 nitrogen and oxygen atoms in total. The summed E-state index contributed by atoms with van der Waals surface area (Å²) >= 11 is 0. The van der Waals surface area contributed by atoms with Crippen molar-refractivity contribution in [3.63, 3.8) is 0 Å². The molecule has 0 amide bonds. The van der Waals surface area contributed by atoms with Gasteiger partial charge in [0.2, 0.25) is 0 Å². The van der Waals surface area contributed by atoms with Crippen molar-refractivity contribution >= 4 is 12.9 Å². The topological polar surface area (TPSA) is 143 Å². The number of hydrogen-bond acceptors (Lipinski definition) is 4. The van der Waals surface area contributed by atoms with Crippen molar-refractivity contribution < 1.29 is 47.8 Å². The first-order valence-corrected chi connectivity index (χ1v) is 0.943. The first kappa shape index (κ1) is 40.0. The van der Waals surface area contributed by atoms with Crippen LogP contribution in [0.2, 0.25) is 0 Å². The smallest absolute Gasteiger partial charge is 0.0275 e. The molecule has 0 unspecified atom stereocenters. The Hall–Kier alpha value is -0.621. The number of carboxylic acid groups (broad SMARTS) is 2. The van der Waals surface area contributed by atoms with Crippen molar-refractivity contribution in [1.29, 1.82) is 0 Å². The van der Waals surface area contributed by atoms with Gasteiger partial charge in [0.15, 0.2) is 0 Å². The first-order valence-electron chi connectivity index (χ1n) is 0.943. The molecule has 0 aromatic carbocycles. The number of rotatable bonds is 0. The minimum atomic E-state index is -0.500. The summed E-state index contributed by atoms with van der Waals surface area (Å²) in [5.41, 5.74) is 0. The molecule has 0 aliphatic heterocycles. The number of hydrogen-bond donors (Lipinski definition) is 0. The second-order valence-corrected chi connectivity index (χ2v) is 0.192. The van der Waals surface area contributed by atoms with E-state index in [0.717, 1.165) is 0 Å². The Labute approximate surface area is 61.6 Å². The predicted octanol–water partition coefficient (Wildman–Crippen LogP) is -4.92. The molecule has 0 bridgehead atoms. The van der Waals surface area contributed by atoms with Gasteiger partial charge >= 0.3 is 0 Å². The molecule has 7 heteroatoms. The van der Waals surface area contributed by atoms with E-state index >= 15 is 0 Å². The van der Waals surface area contributed by atoms with Crippen LogP contribution >= 0.6 is 0 Å². The standard InChI is InChI=1S/2CH2O2.Cu.2H2O/c2*2-1-3;;;/h2*1H,(H,2,3);;2*1H2/p-2. The van der Waals surface area contributed by atoms with Crippen LogP contribution in [0.1, 0.15) is 0 Å². The molecule has 0 spiro atoms. The minimum Gasteiger partial charge on any atom is -0.554 e. The predicted molar refractivity (Wildman–Crippen MR) is 19.4 cm³/mol. The SMILES string of the molecule is O.O.O=C[O-].O=C[O-].[Cu]. The molecule has 4 N–H and O–H groups in total. The monoisotopic (exact) mass is 189 g/mol. The van der Waals surface area contributed by atoms with Gasteiger partial charge in [-0.05, 0) is 0 Å². The van der Waals surface area contributed by atoms with E-state index in [1.807, 2.05) is 0 Å². The van der Waals surface area contributed by atoms with Crippen LogP contribution in [0.4, 0.5) is 0 Å². The summed E-state index contributed by atoms with van der Waals surface area (Å²) in [5.74, 6) is 0. The molecule has 0 aromatic heterocycles. The molecular weight excluding hydrogens is 184 g/mol. The van der Waals surface area contributed by atoms with Crippen LogP contribution in [0.3, 0.4) is 0 Å². The summed E-state index contributed by atoms with van der Waals surface area (Å²) in [4.78, 5) is 16.5. The zero-order valence-electron chi connectivity index (χ0n) is 4.09. The van der Waals surface area contributed by atoms with E-state index in [9.17, 15) is 0 Å². The first-order chi connectivity index (χ1) is 2.83. The minimum absolute atomic E-state index is 0. The van der Waals surface area contributed by atoms with E-state index in [1.54, 1.807) is 0 Å². The fourth-order valence-corrected chi connectivity index (χ4v) is 0. The molecular formula is C2H6CuO6-2. The van der Waals surface area contributed by atoms with E-state index < -0.39 is 12.9 Å². The van der Waals surface area contributed by atoms with Gasteiger partial charge in [0.05, 0.1) is 0 Å². The Kier molecular flexibility index (Phi) is 701. The molecule has 0 heterocycles.